The summed E-state index contributed by atoms with van der Waals surface area (Å²) < 4.78 is 0. The molecule has 0 saturated heterocycles. The zero-order valence-corrected chi connectivity index (χ0v) is 10.1. The van der Waals surface area contributed by atoms with Gasteiger partial charge in [-0.25, -0.2) is 0 Å². The van der Waals surface area contributed by atoms with Gasteiger partial charge in [0.2, 0.25) is 0 Å². The molecule has 14 heavy (non-hydrogen) atoms. The normalized spacial score (nSPS) is 12.5. The monoisotopic (exact) mass is 251 g/mol. The fourth-order valence-electron chi connectivity index (χ4n) is 1.37. The first-order valence-corrected chi connectivity index (χ1v) is 5.67. The van der Waals surface area contributed by atoms with Crippen molar-refractivity contribution in [2.75, 3.05) is 0 Å². The molecular weight excluding hydrogens is 238 g/mol. The first-order valence-electron chi connectivity index (χ1n) is 4.76. The Hall–Kier alpha value is -0.810. The highest BCUT2D eigenvalue weighted by Crippen LogP contribution is 2.22. The molecule has 0 aromatic heterocycles. The fraction of sp³-hybridized carbons (Fsp3) is 0.417. The fourth-order valence-corrected chi connectivity index (χ4v) is 1.67. The summed E-state index contributed by atoms with van der Waals surface area (Å²) in [5.74, 6) is 0.677. The second-order valence-corrected chi connectivity index (χ2v) is 4.75. The van der Waals surface area contributed by atoms with E-state index in [2.05, 4.69) is 48.0 Å². The minimum Gasteiger partial charge on any atom is -0.197 e. The molecule has 2 heteroatoms. The molecule has 0 aliphatic rings. The van der Waals surface area contributed by atoms with Gasteiger partial charge in [-0.2, -0.15) is 5.26 Å². The van der Waals surface area contributed by atoms with Crippen LogP contribution in [-0.4, -0.2) is 0 Å². The van der Waals surface area contributed by atoms with E-state index >= 15 is 0 Å². The Morgan fingerprint density at radius 1 is 1.29 bits per heavy atom. The molecule has 74 valence electrons. The van der Waals surface area contributed by atoms with Gasteiger partial charge in [0.1, 0.15) is 4.83 Å². The Morgan fingerprint density at radius 2 is 1.86 bits per heavy atom. The van der Waals surface area contributed by atoms with Crippen molar-refractivity contribution in [3.05, 3.63) is 35.4 Å². The highest BCUT2D eigenvalue weighted by atomic mass is 79.9. The molecule has 1 aromatic rings. The van der Waals surface area contributed by atoms with Crippen LogP contribution in [0.2, 0.25) is 0 Å². The number of halogens is 1. The predicted octanol–water partition coefficient (Wildman–Crippen LogP) is 3.84. The third-order valence-corrected chi connectivity index (χ3v) is 2.76. The molecule has 1 nitrogen and oxygen atoms in total. The number of alkyl halides is 1. The molecule has 0 radical (unpaired) electrons. The quantitative estimate of drug-likeness (QED) is 0.749. The maximum absolute atomic E-state index is 8.71. The Labute approximate surface area is 93.9 Å². The summed E-state index contributed by atoms with van der Waals surface area (Å²) in [6.07, 6.45) is 1.10. The van der Waals surface area contributed by atoms with E-state index in [-0.39, 0.29) is 4.83 Å². The van der Waals surface area contributed by atoms with Crippen molar-refractivity contribution >= 4 is 15.9 Å². The van der Waals surface area contributed by atoms with Crippen LogP contribution >= 0.6 is 15.9 Å². The smallest absolute Gasteiger partial charge is 0.126 e. The lowest BCUT2D eigenvalue weighted by Gasteiger charge is -2.06. The molecule has 0 aliphatic carbocycles. The molecule has 0 fully saturated rings. The molecule has 0 saturated carbocycles. The van der Waals surface area contributed by atoms with Crippen LogP contribution in [0.4, 0.5) is 0 Å². The average Bonchev–Trinajstić information content (AvgIpc) is 2.17. The summed E-state index contributed by atoms with van der Waals surface area (Å²) in [5.41, 5.74) is 2.36. The number of hydrogen-bond acceptors (Lipinski definition) is 1. The van der Waals surface area contributed by atoms with Crippen molar-refractivity contribution in [3.63, 3.8) is 0 Å². The second kappa shape index (κ2) is 5.17. The second-order valence-electron chi connectivity index (χ2n) is 3.83. The largest absolute Gasteiger partial charge is 0.197 e. The van der Waals surface area contributed by atoms with Gasteiger partial charge in [-0.3, -0.25) is 0 Å². The van der Waals surface area contributed by atoms with Gasteiger partial charge in [0.15, 0.2) is 0 Å². The highest BCUT2D eigenvalue weighted by molar-refractivity contribution is 9.09. The first kappa shape index (κ1) is 11.3. The molecule has 1 aromatic carbocycles. The summed E-state index contributed by atoms with van der Waals surface area (Å²) >= 11 is 3.30. The zero-order valence-electron chi connectivity index (χ0n) is 8.50. The van der Waals surface area contributed by atoms with Gasteiger partial charge in [0.05, 0.1) is 6.07 Å². The minimum atomic E-state index is -0.185. The number of benzene rings is 1. The van der Waals surface area contributed by atoms with Crippen molar-refractivity contribution in [3.8, 4) is 6.07 Å². The summed E-state index contributed by atoms with van der Waals surface area (Å²) in [5, 5.41) is 8.71. The Balaban J connectivity index is 2.74. The first-order chi connectivity index (χ1) is 6.63. The molecular formula is C12H14BrN. The summed E-state index contributed by atoms with van der Waals surface area (Å²) in [4.78, 5) is -0.185. The molecule has 0 amide bonds. The van der Waals surface area contributed by atoms with Crippen molar-refractivity contribution < 1.29 is 0 Å². The lowest BCUT2D eigenvalue weighted by molar-refractivity contribution is 0.647. The van der Waals surface area contributed by atoms with Crippen molar-refractivity contribution in [1.29, 1.82) is 5.26 Å². The summed E-state index contributed by atoms with van der Waals surface area (Å²) in [6.45, 7) is 4.41. The van der Waals surface area contributed by atoms with Gasteiger partial charge in [-0.05, 0) is 23.5 Å². The van der Waals surface area contributed by atoms with Crippen LogP contribution in [0.1, 0.15) is 29.8 Å². The van der Waals surface area contributed by atoms with E-state index in [1.807, 2.05) is 12.1 Å². The van der Waals surface area contributed by atoms with E-state index in [0.29, 0.717) is 5.92 Å². The van der Waals surface area contributed by atoms with Crippen LogP contribution in [0.5, 0.6) is 0 Å². The molecule has 0 aliphatic heterocycles. The molecule has 0 heterocycles. The van der Waals surface area contributed by atoms with Crippen LogP contribution in [-0.2, 0) is 6.42 Å². The van der Waals surface area contributed by atoms with E-state index in [0.717, 1.165) is 12.0 Å². The minimum absolute atomic E-state index is 0.185. The SMILES string of the molecule is CC(C)Cc1ccc(C(Br)C#N)cc1. The number of rotatable bonds is 3. The molecule has 0 spiro atoms. The van der Waals surface area contributed by atoms with Crippen LogP contribution in [0.15, 0.2) is 24.3 Å². The van der Waals surface area contributed by atoms with Crippen LogP contribution in [0.25, 0.3) is 0 Å². The molecule has 1 unspecified atom stereocenters. The predicted molar refractivity (Wildman–Crippen MR) is 62.3 cm³/mol. The topological polar surface area (TPSA) is 23.8 Å². The van der Waals surface area contributed by atoms with Gasteiger partial charge in [0, 0.05) is 0 Å². The van der Waals surface area contributed by atoms with Crippen LogP contribution in [0.3, 0.4) is 0 Å². The Bertz CT molecular complexity index is 321. The van der Waals surface area contributed by atoms with Crippen molar-refractivity contribution in [2.45, 2.75) is 25.1 Å². The Kier molecular flexibility index (Phi) is 4.16. The van der Waals surface area contributed by atoms with E-state index < -0.39 is 0 Å². The summed E-state index contributed by atoms with van der Waals surface area (Å²) in [7, 11) is 0. The van der Waals surface area contributed by atoms with Gasteiger partial charge >= 0.3 is 0 Å². The third-order valence-electron chi connectivity index (χ3n) is 2.03. The maximum Gasteiger partial charge on any atom is 0.126 e. The van der Waals surface area contributed by atoms with Crippen molar-refractivity contribution in [2.24, 2.45) is 5.92 Å². The third kappa shape index (κ3) is 3.16. The lowest BCUT2D eigenvalue weighted by Crippen LogP contribution is -1.94. The van der Waals surface area contributed by atoms with Gasteiger partial charge in [0.25, 0.3) is 0 Å². The number of nitriles is 1. The van der Waals surface area contributed by atoms with E-state index in [1.165, 1.54) is 5.56 Å². The van der Waals surface area contributed by atoms with Crippen LogP contribution in [0, 0.1) is 17.2 Å². The maximum atomic E-state index is 8.71. The van der Waals surface area contributed by atoms with E-state index in [4.69, 9.17) is 5.26 Å². The molecule has 1 rings (SSSR count). The van der Waals surface area contributed by atoms with Gasteiger partial charge < -0.3 is 0 Å². The molecule has 1 atom stereocenters. The number of hydrogen-bond donors (Lipinski definition) is 0. The molecule has 0 N–H and O–H groups in total. The van der Waals surface area contributed by atoms with E-state index in [1.54, 1.807) is 0 Å². The standard InChI is InChI=1S/C12H14BrN/c1-9(2)7-10-3-5-11(6-4-10)12(13)8-14/h3-6,9,12H,7H2,1-2H3. The highest BCUT2D eigenvalue weighted by Gasteiger charge is 2.05. The summed E-state index contributed by atoms with van der Waals surface area (Å²) in [6, 6.07) is 10.4. The van der Waals surface area contributed by atoms with Gasteiger partial charge in [-0.15, -0.1) is 0 Å². The van der Waals surface area contributed by atoms with E-state index in [9.17, 15) is 0 Å². The zero-order chi connectivity index (χ0) is 10.6. The molecule has 0 bridgehead atoms. The van der Waals surface area contributed by atoms with Gasteiger partial charge in [-0.1, -0.05) is 54.0 Å². The lowest BCUT2D eigenvalue weighted by atomic mass is 10.0. The number of nitrogens with zero attached hydrogens (tertiary/aromatic N) is 1. The Morgan fingerprint density at radius 3 is 2.29 bits per heavy atom. The van der Waals surface area contributed by atoms with Crippen molar-refractivity contribution in [1.82, 2.24) is 0 Å². The van der Waals surface area contributed by atoms with Crippen LogP contribution < -0.4 is 0 Å². The average molecular weight is 252 g/mol.